The maximum absolute atomic E-state index is 11.8. The second-order valence-corrected chi connectivity index (χ2v) is 4.34. The molecule has 1 heterocycles. The Bertz CT molecular complexity index is 385. The van der Waals surface area contributed by atoms with Crippen LogP contribution in [-0.2, 0) is 0 Å². The van der Waals surface area contributed by atoms with E-state index >= 15 is 0 Å². The lowest BCUT2D eigenvalue weighted by molar-refractivity contribution is 0.0845. The van der Waals surface area contributed by atoms with Crippen LogP contribution in [0.25, 0.3) is 0 Å². The summed E-state index contributed by atoms with van der Waals surface area (Å²) in [5.41, 5.74) is 6.50. The van der Waals surface area contributed by atoms with Crippen molar-refractivity contribution in [2.24, 2.45) is 0 Å². The van der Waals surface area contributed by atoms with Gasteiger partial charge < -0.3 is 11.1 Å². The van der Waals surface area contributed by atoms with Crippen molar-refractivity contribution in [3.05, 3.63) is 24.0 Å². The molecule has 0 radical (unpaired) electrons. The first kappa shape index (κ1) is 9.96. The molecule has 1 aromatic rings. The number of carbonyl (C=O) groups is 1. The van der Waals surface area contributed by atoms with E-state index in [4.69, 9.17) is 5.73 Å². The molecule has 0 spiro atoms. The second-order valence-electron chi connectivity index (χ2n) is 4.34. The number of hydrogen-bond acceptors (Lipinski definition) is 3. The third kappa shape index (κ3) is 2.09. The number of nitrogens with two attached hydrogens (primary N) is 1. The SMILES string of the molecule is CC1(NC(=O)c2cc(N)ccn2)CCC1. The Labute approximate surface area is 88.9 Å². The molecule has 1 fully saturated rings. The van der Waals surface area contributed by atoms with E-state index in [9.17, 15) is 4.79 Å². The number of nitrogens with one attached hydrogen (secondary N) is 1. The van der Waals surface area contributed by atoms with Gasteiger partial charge in [-0.05, 0) is 38.3 Å². The molecule has 80 valence electrons. The van der Waals surface area contributed by atoms with E-state index in [0.29, 0.717) is 11.4 Å². The summed E-state index contributed by atoms with van der Waals surface area (Å²) >= 11 is 0. The maximum Gasteiger partial charge on any atom is 0.270 e. The molecule has 4 heteroatoms. The monoisotopic (exact) mass is 205 g/mol. The number of anilines is 1. The van der Waals surface area contributed by atoms with Crippen molar-refractivity contribution >= 4 is 11.6 Å². The highest BCUT2D eigenvalue weighted by molar-refractivity contribution is 5.93. The average Bonchev–Trinajstić information content (AvgIpc) is 2.15. The minimum absolute atomic E-state index is 0.0383. The predicted molar refractivity (Wildman–Crippen MR) is 58.4 cm³/mol. The molecule has 0 bridgehead atoms. The summed E-state index contributed by atoms with van der Waals surface area (Å²) in [6.07, 6.45) is 4.82. The highest BCUT2D eigenvalue weighted by Gasteiger charge is 2.33. The molecule has 0 aliphatic heterocycles. The van der Waals surface area contributed by atoms with Crippen LogP contribution in [-0.4, -0.2) is 16.4 Å². The zero-order valence-corrected chi connectivity index (χ0v) is 8.79. The van der Waals surface area contributed by atoms with Crippen LogP contribution in [0.1, 0.15) is 36.7 Å². The fourth-order valence-electron chi connectivity index (χ4n) is 1.74. The molecule has 0 aromatic carbocycles. The maximum atomic E-state index is 11.8. The quantitative estimate of drug-likeness (QED) is 0.765. The van der Waals surface area contributed by atoms with Gasteiger partial charge in [-0.3, -0.25) is 9.78 Å². The normalized spacial score (nSPS) is 17.9. The third-order valence-electron chi connectivity index (χ3n) is 2.89. The van der Waals surface area contributed by atoms with E-state index in [0.717, 1.165) is 12.8 Å². The van der Waals surface area contributed by atoms with E-state index in [1.54, 1.807) is 18.3 Å². The summed E-state index contributed by atoms with van der Waals surface area (Å²) in [4.78, 5) is 15.8. The van der Waals surface area contributed by atoms with Crippen LogP contribution < -0.4 is 11.1 Å². The summed E-state index contributed by atoms with van der Waals surface area (Å²) < 4.78 is 0. The largest absolute Gasteiger partial charge is 0.399 e. The lowest BCUT2D eigenvalue weighted by Gasteiger charge is -2.38. The Morgan fingerprint density at radius 1 is 1.60 bits per heavy atom. The number of nitrogens with zero attached hydrogens (tertiary/aromatic N) is 1. The topological polar surface area (TPSA) is 68.0 Å². The molecule has 1 aliphatic rings. The molecule has 1 amide bonds. The van der Waals surface area contributed by atoms with Crippen LogP contribution in [0.4, 0.5) is 5.69 Å². The van der Waals surface area contributed by atoms with E-state index < -0.39 is 0 Å². The van der Waals surface area contributed by atoms with E-state index in [-0.39, 0.29) is 11.4 Å². The number of carbonyl (C=O) groups excluding carboxylic acids is 1. The van der Waals surface area contributed by atoms with Gasteiger partial charge in [-0.15, -0.1) is 0 Å². The van der Waals surface area contributed by atoms with Crippen LogP contribution in [0, 0.1) is 0 Å². The minimum Gasteiger partial charge on any atom is -0.399 e. The van der Waals surface area contributed by atoms with Crippen molar-refractivity contribution in [3.8, 4) is 0 Å². The fourth-order valence-corrected chi connectivity index (χ4v) is 1.74. The van der Waals surface area contributed by atoms with Gasteiger partial charge in [0.25, 0.3) is 5.91 Å². The Hall–Kier alpha value is -1.58. The summed E-state index contributed by atoms with van der Waals surface area (Å²) in [6.45, 7) is 2.06. The highest BCUT2D eigenvalue weighted by Crippen LogP contribution is 2.31. The molecular formula is C11H15N3O. The van der Waals surface area contributed by atoms with Gasteiger partial charge in [0.1, 0.15) is 5.69 Å². The number of nitrogen functional groups attached to an aromatic ring is 1. The van der Waals surface area contributed by atoms with Crippen LogP contribution in [0.2, 0.25) is 0 Å². The zero-order valence-electron chi connectivity index (χ0n) is 8.79. The van der Waals surface area contributed by atoms with Gasteiger partial charge >= 0.3 is 0 Å². The van der Waals surface area contributed by atoms with E-state index in [1.165, 1.54) is 6.42 Å². The Morgan fingerprint density at radius 2 is 2.33 bits per heavy atom. The molecule has 15 heavy (non-hydrogen) atoms. The van der Waals surface area contributed by atoms with Crippen LogP contribution >= 0.6 is 0 Å². The van der Waals surface area contributed by atoms with E-state index in [1.807, 2.05) is 0 Å². The summed E-state index contributed by atoms with van der Waals surface area (Å²) in [7, 11) is 0. The summed E-state index contributed by atoms with van der Waals surface area (Å²) in [5.74, 6) is -0.135. The third-order valence-corrected chi connectivity index (χ3v) is 2.89. The van der Waals surface area contributed by atoms with Crippen LogP contribution in [0.15, 0.2) is 18.3 Å². The van der Waals surface area contributed by atoms with Crippen molar-refractivity contribution in [2.75, 3.05) is 5.73 Å². The van der Waals surface area contributed by atoms with Gasteiger partial charge in [0.15, 0.2) is 0 Å². The standard InChI is InChI=1S/C11H15N3O/c1-11(4-2-5-11)14-10(15)9-7-8(12)3-6-13-9/h3,6-7H,2,4-5H2,1H3,(H2,12,13)(H,14,15). The van der Waals surface area contributed by atoms with Gasteiger partial charge in [-0.2, -0.15) is 0 Å². The first-order chi connectivity index (χ1) is 7.09. The number of hydrogen-bond donors (Lipinski definition) is 2. The number of aromatic nitrogens is 1. The Kier molecular flexibility index (Phi) is 2.34. The number of pyridine rings is 1. The lowest BCUT2D eigenvalue weighted by Crippen LogP contribution is -2.51. The average molecular weight is 205 g/mol. The van der Waals surface area contributed by atoms with Crippen molar-refractivity contribution in [1.82, 2.24) is 10.3 Å². The van der Waals surface area contributed by atoms with E-state index in [2.05, 4.69) is 17.2 Å². The van der Waals surface area contributed by atoms with Gasteiger partial charge in [0.05, 0.1) is 0 Å². The molecule has 0 atom stereocenters. The minimum atomic E-state index is -0.135. The van der Waals surface area contributed by atoms with Crippen LogP contribution in [0.3, 0.4) is 0 Å². The fraction of sp³-hybridized carbons (Fsp3) is 0.455. The molecule has 4 nitrogen and oxygen atoms in total. The van der Waals surface area contributed by atoms with Crippen molar-refractivity contribution in [2.45, 2.75) is 31.7 Å². The summed E-state index contributed by atoms with van der Waals surface area (Å²) in [6, 6.07) is 3.26. The molecule has 1 saturated carbocycles. The van der Waals surface area contributed by atoms with Gasteiger partial charge in [0.2, 0.25) is 0 Å². The molecule has 0 saturated heterocycles. The van der Waals surface area contributed by atoms with Crippen LogP contribution in [0.5, 0.6) is 0 Å². The molecule has 1 aliphatic carbocycles. The number of rotatable bonds is 2. The first-order valence-electron chi connectivity index (χ1n) is 5.13. The van der Waals surface area contributed by atoms with Gasteiger partial charge in [0, 0.05) is 17.4 Å². The zero-order chi connectivity index (χ0) is 10.9. The van der Waals surface area contributed by atoms with Crippen molar-refractivity contribution in [3.63, 3.8) is 0 Å². The smallest absolute Gasteiger partial charge is 0.270 e. The van der Waals surface area contributed by atoms with Crippen molar-refractivity contribution < 1.29 is 4.79 Å². The highest BCUT2D eigenvalue weighted by atomic mass is 16.2. The lowest BCUT2D eigenvalue weighted by atomic mass is 9.78. The molecule has 0 unspecified atom stereocenters. The Balaban J connectivity index is 2.08. The molecule has 1 aromatic heterocycles. The van der Waals surface area contributed by atoms with Gasteiger partial charge in [-0.1, -0.05) is 0 Å². The molecule has 3 N–H and O–H groups in total. The Morgan fingerprint density at radius 3 is 2.87 bits per heavy atom. The van der Waals surface area contributed by atoms with Gasteiger partial charge in [-0.25, -0.2) is 0 Å². The number of amides is 1. The second kappa shape index (κ2) is 3.53. The first-order valence-corrected chi connectivity index (χ1v) is 5.13. The van der Waals surface area contributed by atoms with Crippen molar-refractivity contribution in [1.29, 1.82) is 0 Å². The molecule has 2 rings (SSSR count). The molecular weight excluding hydrogens is 190 g/mol. The predicted octanol–water partition coefficient (Wildman–Crippen LogP) is 1.34. The summed E-state index contributed by atoms with van der Waals surface area (Å²) in [5, 5.41) is 2.98.